The maximum Gasteiger partial charge on any atom is 0.262 e. The van der Waals surface area contributed by atoms with E-state index < -0.39 is 0 Å². The Hall–Kier alpha value is -2.20. The Morgan fingerprint density at radius 3 is 2.76 bits per heavy atom. The molecule has 0 saturated carbocycles. The van der Waals surface area contributed by atoms with E-state index in [0.717, 1.165) is 21.9 Å². The number of carbonyl (C=O) groups is 1. The van der Waals surface area contributed by atoms with E-state index in [4.69, 9.17) is 4.74 Å². The molecule has 106 valence electrons. The largest absolute Gasteiger partial charge is 0.494 e. The number of hydrogen-bond acceptors (Lipinski definition) is 3. The summed E-state index contributed by atoms with van der Waals surface area (Å²) in [7, 11) is 0. The first-order valence-corrected chi connectivity index (χ1v) is 7.60. The number of benzene rings is 2. The van der Waals surface area contributed by atoms with Crippen LogP contribution in [0.15, 0.2) is 58.3 Å². The Morgan fingerprint density at radius 2 is 2.00 bits per heavy atom. The SMILES string of the molecule is CCOc1ccc2c(c1)S/C(=C\c1ccccc1)C(=O)N2. The van der Waals surface area contributed by atoms with Crippen LogP contribution in [0.25, 0.3) is 6.08 Å². The van der Waals surface area contributed by atoms with Crippen molar-refractivity contribution >= 4 is 29.4 Å². The molecule has 0 bridgehead atoms. The summed E-state index contributed by atoms with van der Waals surface area (Å²) in [4.78, 5) is 13.8. The Kier molecular flexibility index (Phi) is 3.97. The molecule has 0 fully saturated rings. The van der Waals surface area contributed by atoms with Gasteiger partial charge in [-0.25, -0.2) is 0 Å². The van der Waals surface area contributed by atoms with Crippen molar-refractivity contribution in [1.82, 2.24) is 0 Å². The van der Waals surface area contributed by atoms with Crippen LogP contribution >= 0.6 is 11.8 Å². The maximum absolute atomic E-state index is 12.1. The highest BCUT2D eigenvalue weighted by atomic mass is 32.2. The molecule has 2 aromatic rings. The van der Waals surface area contributed by atoms with Gasteiger partial charge in [0.25, 0.3) is 5.91 Å². The molecule has 1 amide bonds. The summed E-state index contributed by atoms with van der Waals surface area (Å²) < 4.78 is 5.51. The zero-order valence-corrected chi connectivity index (χ0v) is 12.4. The first-order valence-electron chi connectivity index (χ1n) is 6.79. The van der Waals surface area contributed by atoms with Gasteiger partial charge in [-0.05, 0) is 36.8 Å². The molecule has 4 heteroatoms. The summed E-state index contributed by atoms with van der Waals surface area (Å²) >= 11 is 1.47. The molecule has 3 rings (SSSR count). The van der Waals surface area contributed by atoms with Crippen molar-refractivity contribution in [1.29, 1.82) is 0 Å². The van der Waals surface area contributed by atoms with Crippen molar-refractivity contribution in [2.75, 3.05) is 11.9 Å². The van der Waals surface area contributed by atoms with Gasteiger partial charge in [-0.15, -0.1) is 0 Å². The third-order valence-electron chi connectivity index (χ3n) is 3.05. The fourth-order valence-corrected chi connectivity index (χ4v) is 3.07. The first kappa shape index (κ1) is 13.8. The number of carbonyl (C=O) groups excluding carboxylic acids is 1. The number of amides is 1. The third-order valence-corrected chi connectivity index (χ3v) is 4.13. The number of fused-ring (bicyclic) bond motifs is 1. The van der Waals surface area contributed by atoms with E-state index in [1.165, 1.54) is 11.8 Å². The molecule has 0 saturated heterocycles. The van der Waals surface area contributed by atoms with Crippen LogP contribution in [-0.2, 0) is 4.79 Å². The number of rotatable bonds is 3. The second-order valence-corrected chi connectivity index (χ2v) is 5.65. The predicted molar refractivity (Wildman–Crippen MR) is 86.5 cm³/mol. The Bertz CT molecular complexity index is 695. The van der Waals surface area contributed by atoms with Crippen molar-refractivity contribution in [3.05, 3.63) is 59.0 Å². The number of ether oxygens (including phenoxy) is 1. The van der Waals surface area contributed by atoms with E-state index in [0.29, 0.717) is 11.5 Å². The summed E-state index contributed by atoms with van der Waals surface area (Å²) in [5.41, 5.74) is 1.85. The molecular weight excluding hydrogens is 282 g/mol. The molecular formula is C17H15NO2S. The van der Waals surface area contributed by atoms with Gasteiger partial charge in [-0.3, -0.25) is 4.79 Å². The summed E-state index contributed by atoms with van der Waals surface area (Å²) in [5.74, 6) is 0.750. The van der Waals surface area contributed by atoms with Crippen molar-refractivity contribution in [3.8, 4) is 5.75 Å². The molecule has 2 aromatic carbocycles. The highest BCUT2D eigenvalue weighted by molar-refractivity contribution is 8.04. The van der Waals surface area contributed by atoms with Crippen LogP contribution in [0.2, 0.25) is 0 Å². The van der Waals surface area contributed by atoms with Gasteiger partial charge in [-0.2, -0.15) is 0 Å². The molecule has 1 aliphatic rings. The van der Waals surface area contributed by atoms with Crippen molar-refractivity contribution in [2.45, 2.75) is 11.8 Å². The van der Waals surface area contributed by atoms with Gasteiger partial charge in [0.1, 0.15) is 5.75 Å². The van der Waals surface area contributed by atoms with E-state index in [-0.39, 0.29) is 5.91 Å². The van der Waals surface area contributed by atoms with E-state index in [2.05, 4.69) is 5.32 Å². The molecule has 0 aromatic heterocycles. The van der Waals surface area contributed by atoms with Crippen LogP contribution in [0.4, 0.5) is 5.69 Å². The molecule has 0 radical (unpaired) electrons. The van der Waals surface area contributed by atoms with Gasteiger partial charge < -0.3 is 10.1 Å². The van der Waals surface area contributed by atoms with Gasteiger partial charge in [0, 0.05) is 4.90 Å². The molecule has 1 N–H and O–H groups in total. The maximum atomic E-state index is 12.1. The summed E-state index contributed by atoms with van der Waals surface area (Å²) in [6, 6.07) is 15.5. The van der Waals surface area contributed by atoms with Crippen LogP contribution < -0.4 is 10.1 Å². The lowest BCUT2D eigenvalue weighted by molar-refractivity contribution is -0.112. The highest BCUT2D eigenvalue weighted by Gasteiger charge is 2.21. The first-order chi connectivity index (χ1) is 10.3. The Balaban J connectivity index is 1.91. The predicted octanol–water partition coefficient (Wildman–Crippen LogP) is 4.17. The molecule has 0 spiro atoms. The Labute approximate surface area is 128 Å². The number of hydrogen-bond donors (Lipinski definition) is 1. The van der Waals surface area contributed by atoms with Crippen LogP contribution in [0, 0.1) is 0 Å². The minimum atomic E-state index is -0.0690. The minimum absolute atomic E-state index is 0.0690. The fraction of sp³-hybridized carbons (Fsp3) is 0.118. The van der Waals surface area contributed by atoms with Crippen molar-refractivity contribution in [3.63, 3.8) is 0 Å². The van der Waals surface area contributed by atoms with Gasteiger partial charge in [0.15, 0.2) is 0 Å². The average molecular weight is 297 g/mol. The monoisotopic (exact) mass is 297 g/mol. The molecule has 0 atom stereocenters. The molecule has 21 heavy (non-hydrogen) atoms. The van der Waals surface area contributed by atoms with Crippen LogP contribution in [0.1, 0.15) is 12.5 Å². The lowest BCUT2D eigenvalue weighted by Crippen LogP contribution is -2.17. The Morgan fingerprint density at radius 1 is 1.19 bits per heavy atom. The van der Waals surface area contributed by atoms with E-state index in [9.17, 15) is 4.79 Å². The standard InChI is InChI=1S/C17H15NO2S/c1-2-20-13-8-9-14-15(11-13)21-16(17(19)18-14)10-12-6-4-3-5-7-12/h3-11H,2H2,1H3,(H,18,19)/b16-10-. The quantitative estimate of drug-likeness (QED) is 0.864. The lowest BCUT2D eigenvalue weighted by atomic mass is 10.2. The summed E-state index contributed by atoms with van der Waals surface area (Å²) in [5, 5.41) is 2.92. The van der Waals surface area contributed by atoms with Gasteiger partial charge >= 0.3 is 0 Å². The molecule has 3 nitrogen and oxygen atoms in total. The average Bonchev–Trinajstić information content (AvgIpc) is 2.50. The molecule has 1 heterocycles. The van der Waals surface area contributed by atoms with Crippen molar-refractivity contribution < 1.29 is 9.53 Å². The molecule has 0 aliphatic carbocycles. The molecule has 0 unspecified atom stereocenters. The van der Waals surface area contributed by atoms with Gasteiger partial charge in [0.05, 0.1) is 17.2 Å². The summed E-state index contributed by atoms with van der Waals surface area (Å²) in [6.07, 6.45) is 1.90. The zero-order valence-electron chi connectivity index (χ0n) is 11.6. The second kappa shape index (κ2) is 6.06. The lowest BCUT2D eigenvalue weighted by Gasteiger charge is -2.19. The smallest absolute Gasteiger partial charge is 0.262 e. The minimum Gasteiger partial charge on any atom is -0.494 e. The normalized spacial score (nSPS) is 15.5. The van der Waals surface area contributed by atoms with Crippen LogP contribution in [0.3, 0.4) is 0 Å². The number of anilines is 1. The van der Waals surface area contributed by atoms with Gasteiger partial charge in [-0.1, -0.05) is 42.1 Å². The van der Waals surface area contributed by atoms with E-state index >= 15 is 0 Å². The van der Waals surface area contributed by atoms with Crippen LogP contribution in [-0.4, -0.2) is 12.5 Å². The van der Waals surface area contributed by atoms with Crippen molar-refractivity contribution in [2.24, 2.45) is 0 Å². The number of nitrogens with one attached hydrogen (secondary N) is 1. The zero-order chi connectivity index (χ0) is 14.7. The topological polar surface area (TPSA) is 38.3 Å². The van der Waals surface area contributed by atoms with E-state index in [1.54, 1.807) is 0 Å². The van der Waals surface area contributed by atoms with Crippen LogP contribution in [0.5, 0.6) is 5.75 Å². The van der Waals surface area contributed by atoms with E-state index in [1.807, 2.05) is 61.5 Å². The van der Waals surface area contributed by atoms with Gasteiger partial charge in [0.2, 0.25) is 0 Å². The third kappa shape index (κ3) is 3.11. The number of thioether (sulfide) groups is 1. The molecule has 1 aliphatic heterocycles. The second-order valence-electron chi connectivity index (χ2n) is 4.57. The highest BCUT2D eigenvalue weighted by Crippen LogP contribution is 2.40. The summed E-state index contributed by atoms with van der Waals surface area (Å²) in [6.45, 7) is 2.58. The fourth-order valence-electron chi connectivity index (χ4n) is 2.09.